The fourth-order valence-corrected chi connectivity index (χ4v) is 1.12. The van der Waals surface area contributed by atoms with Crippen LogP contribution in [-0.2, 0) is 14.3 Å². The molecule has 1 aliphatic rings. The topological polar surface area (TPSA) is 55.4 Å². The maximum absolute atomic E-state index is 11.2. The van der Waals surface area contributed by atoms with Crippen molar-refractivity contribution in [3.8, 4) is 0 Å². The zero-order valence-corrected chi connectivity index (χ0v) is 8.92. The Morgan fingerprint density at radius 1 is 1.29 bits per heavy atom. The fraction of sp³-hybridized carbons (Fsp3) is 0.800. The van der Waals surface area contributed by atoms with E-state index in [-0.39, 0.29) is 6.04 Å². The molecule has 0 saturated heterocycles. The summed E-state index contributed by atoms with van der Waals surface area (Å²) >= 11 is 0. The maximum Gasteiger partial charge on any atom is 0.397 e. The highest BCUT2D eigenvalue weighted by atomic mass is 16.6. The van der Waals surface area contributed by atoms with Crippen LogP contribution >= 0.6 is 0 Å². The number of carbonyl (C=O) groups excluding carboxylic acids is 2. The molecule has 0 unspecified atom stereocenters. The van der Waals surface area contributed by atoms with Crippen LogP contribution < -0.4 is 5.32 Å². The van der Waals surface area contributed by atoms with E-state index in [0.717, 1.165) is 19.3 Å². The molecule has 0 aromatic heterocycles. The van der Waals surface area contributed by atoms with Gasteiger partial charge < -0.3 is 10.1 Å². The molecule has 14 heavy (non-hydrogen) atoms. The van der Waals surface area contributed by atoms with E-state index in [0.29, 0.717) is 0 Å². The molecule has 0 radical (unpaired) electrons. The zero-order chi connectivity index (χ0) is 10.8. The second-order valence-electron chi connectivity index (χ2n) is 4.60. The Kier molecular flexibility index (Phi) is 3.13. The number of amides is 1. The van der Waals surface area contributed by atoms with Crippen molar-refractivity contribution in [2.24, 2.45) is 0 Å². The molecule has 4 nitrogen and oxygen atoms in total. The van der Waals surface area contributed by atoms with E-state index in [2.05, 4.69) is 5.32 Å². The van der Waals surface area contributed by atoms with E-state index >= 15 is 0 Å². The van der Waals surface area contributed by atoms with Crippen LogP contribution in [0.1, 0.15) is 40.0 Å². The Morgan fingerprint density at radius 3 is 2.21 bits per heavy atom. The molecule has 0 heterocycles. The summed E-state index contributed by atoms with van der Waals surface area (Å²) in [4.78, 5) is 22.4. The van der Waals surface area contributed by atoms with E-state index in [1.54, 1.807) is 20.8 Å². The Hall–Kier alpha value is -1.06. The van der Waals surface area contributed by atoms with Crippen molar-refractivity contribution in [3.63, 3.8) is 0 Å². The fourth-order valence-electron chi connectivity index (χ4n) is 1.12. The second-order valence-corrected chi connectivity index (χ2v) is 4.60. The Balaban J connectivity index is 2.32. The lowest BCUT2D eigenvalue weighted by Crippen LogP contribution is -2.45. The minimum Gasteiger partial charge on any atom is -0.453 e. The molecule has 0 aromatic rings. The van der Waals surface area contributed by atoms with Crippen LogP contribution in [-0.4, -0.2) is 23.5 Å². The number of nitrogens with one attached hydrogen (secondary N) is 1. The van der Waals surface area contributed by atoms with Gasteiger partial charge in [0.05, 0.1) is 0 Å². The van der Waals surface area contributed by atoms with E-state index in [1.807, 2.05) is 0 Å². The van der Waals surface area contributed by atoms with Crippen LogP contribution in [0.4, 0.5) is 0 Å². The largest absolute Gasteiger partial charge is 0.453 e. The molecule has 80 valence electrons. The third-order valence-electron chi connectivity index (χ3n) is 2.02. The SMILES string of the molecule is CC(C)(C)OC(=O)C(=O)NC1CCC1. The highest BCUT2D eigenvalue weighted by Crippen LogP contribution is 2.18. The number of hydrogen-bond acceptors (Lipinski definition) is 3. The molecule has 0 bridgehead atoms. The molecule has 1 N–H and O–H groups in total. The van der Waals surface area contributed by atoms with Crippen LogP contribution in [0.25, 0.3) is 0 Å². The minimum atomic E-state index is -0.788. The van der Waals surface area contributed by atoms with Crippen molar-refractivity contribution in [3.05, 3.63) is 0 Å². The normalized spacial score (nSPS) is 17.1. The summed E-state index contributed by atoms with van der Waals surface area (Å²) in [6, 6.07) is 0.176. The molecule has 0 atom stereocenters. The van der Waals surface area contributed by atoms with Crippen LogP contribution in [0.5, 0.6) is 0 Å². The van der Waals surface area contributed by atoms with Gasteiger partial charge in [-0.2, -0.15) is 0 Å². The Bertz CT molecular complexity index is 238. The van der Waals surface area contributed by atoms with Crippen molar-refractivity contribution in [2.45, 2.75) is 51.7 Å². The maximum atomic E-state index is 11.2. The summed E-state index contributed by atoms with van der Waals surface area (Å²) in [6.45, 7) is 5.21. The Labute approximate surface area is 84.0 Å². The second kappa shape index (κ2) is 3.98. The van der Waals surface area contributed by atoms with Gasteiger partial charge in [-0.05, 0) is 40.0 Å². The van der Waals surface area contributed by atoms with Gasteiger partial charge in [-0.1, -0.05) is 0 Å². The molecule has 0 spiro atoms. The first-order valence-corrected chi connectivity index (χ1v) is 4.92. The van der Waals surface area contributed by atoms with Gasteiger partial charge in [0.1, 0.15) is 5.60 Å². The summed E-state index contributed by atoms with van der Waals surface area (Å²) < 4.78 is 4.92. The molecule has 0 aromatic carbocycles. The van der Waals surface area contributed by atoms with Gasteiger partial charge in [-0.15, -0.1) is 0 Å². The van der Waals surface area contributed by atoms with Crippen molar-refractivity contribution in [1.82, 2.24) is 5.32 Å². The highest BCUT2D eigenvalue weighted by Gasteiger charge is 2.26. The van der Waals surface area contributed by atoms with Gasteiger partial charge in [0.15, 0.2) is 0 Å². The van der Waals surface area contributed by atoms with Crippen LogP contribution in [0, 0.1) is 0 Å². The summed E-state index contributed by atoms with van der Waals surface area (Å²) in [5.74, 6) is -1.41. The summed E-state index contributed by atoms with van der Waals surface area (Å²) in [7, 11) is 0. The number of rotatable bonds is 1. The lowest BCUT2D eigenvalue weighted by molar-refractivity contribution is -0.163. The van der Waals surface area contributed by atoms with Crippen LogP contribution in [0.2, 0.25) is 0 Å². The van der Waals surface area contributed by atoms with Gasteiger partial charge in [0, 0.05) is 6.04 Å². The standard InChI is InChI=1S/C10H17NO3/c1-10(2,3)14-9(13)8(12)11-7-5-4-6-7/h7H,4-6H2,1-3H3,(H,11,12). The number of ether oxygens (including phenoxy) is 1. The van der Waals surface area contributed by atoms with Crippen molar-refractivity contribution < 1.29 is 14.3 Å². The van der Waals surface area contributed by atoms with E-state index in [1.165, 1.54) is 0 Å². The third-order valence-corrected chi connectivity index (χ3v) is 2.02. The third kappa shape index (κ3) is 3.36. The molecule has 1 amide bonds. The summed E-state index contributed by atoms with van der Waals surface area (Å²) in [6.07, 6.45) is 3.06. The van der Waals surface area contributed by atoms with Gasteiger partial charge >= 0.3 is 11.9 Å². The van der Waals surface area contributed by atoms with E-state index in [9.17, 15) is 9.59 Å². The Morgan fingerprint density at radius 2 is 1.86 bits per heavy atom. The van der Waals surface area contributed by atoms with Gasteiger partial charge in [-0.3, -0.25) is 4.79 Å². The molecule has 4 heteroatoms. The minimum absolute atomic E-state index is 0.176. The predicted octanol–water partition coefficient (Wildman–Crippen LogP) is 0.997. The van der Waals surface area contributed by atoms with E-state index < -0.39 is 17.5 Å². The predicted molar refractivity (Wildman–Crippen MR) is 51.6 cm³/mol. The summed E-state index contributed by atoms with van der Waals surface area (Å²) in [5, 5.41) is 2.63. The molecule has 1 saturated carbocycles. The smallest absolute Gasteiger partial charge is 0.397 e. The van der Waals surface area contributed by atoms with Crippen molar-refractivity contribution in [1.29, 1.82) is 0 Å². The first-order valence-electron chi connectivity index (χ1n) is 4.92. The number of esters is 1. The molecular weight excluding hydrogens is 182 g/mol. The lowest BCUT2D eigenvalue weighted by Gasteiger charge is -2.26. The molecular formula is C10H17NO3. The summed E-state index contributed by atoms with van der Waals surface area (Å²) in [5.41, 5.74) is -0.603. The number of carbonyl (C=O) groups is 2. The molecule has 1 fully saturated rings. The van der Waals surface area contributed by atoms with Gasteiger partial charge in [-0.25, -0.2) is 4.79 Å². The molecule has 1 rings (SSSR count). The average Bonchev–Trinajstić information content (AvgIpc) is 1.92. The number of hydrogen-bond donors (Lipinski definition) is 1. The lowest BCUT2D eigenvalue weighted by atomic mass is 9.93. The van der Waals surface area contributed by atoms with Crippen molar-refractivity contribution >= 4 is 11.9 Å². The van der Waals surface area contributed by atoms with Crippen molar-refractivity contribution in [2.75, 3.05) is 0 Å². The quantitative estimate of drug-likeness (QED) is 0.506. The first kappa shape index (κ1) is 11.0. The monoisotopic (exact) mass is 199 g/mol. The van der Waals surface area contributed by atoms with Crippen LogP contribution in [0.3, 0.4) is 0 Å². The molecule has 0 aliphatic heterocycles. The molecule has 1 aliphatic carbocycles. The van der Waals surface area contributed by atoms with E-state index in [4.69, 9.17) is 4.74 Å². The van der Waals surface area contributed by atoms with Gasteiger partial charge in [0.2, 0.25) is 0 Å². The average molecular weight is 199 g/mol. The highest BCUT2D eigenvalue weighted by molar-refractivity contribution is 6.32. The zero-order valence-electron chi connectivity index (χ0n) is 8.92. The van der Waals surface area contributed by atoms with Gasteiger partial charge in [0.25, 0.3) is 0 Å². The van der Waals surface area contributed by atoms with Crippen LogP contribution in [0.15, 0.2) is 0 Å². The first-order chi connectivity index (χ1) is 6.38.